The minimum absolute atomic E-state index is 0.138. The van der Waals surface area contributed by atoms with Crippen molar-refractivity contribution >= 4 is 46.5 Å². The van der Waals surface area contributed by atoms with Crippen molar-refractivity contribution in [3.05, 3.63) is 22.8 Å². The van der Waals surface area contributed by atoms with Crippen molar-refractivity contribution in [2.45, 2.75) is 23.1 Å². The highest BCUT2D eigenvalue weighted by Crippen LogP contribution is 2.64. The summed E-state index contributed by atoms with van der Waals surface area (Å²) >= 11 is 14.9. The van der Waals surface area contributed by atoms with Crippen LogP contribution in [0.1, 0.15) is 13.3 Å². The molecule has 0 unspecified atom stereocenters. The zero-order valence-corrected chi connectivity index (χ0v) is 13.9. The van der Waals surface area contributed by atoms with Crippen LogP contribution in [0, 0.1) is 11.8 Å². The number of allylic oxidation sites excluding steroid dienone is 4. The molecule has 1 saturated carbocycles. The topological polar surface area (TPSA) is 37.1 Å². The Labute approximate surface area is 137 Å². The molecule has 21 heavy (non-hydrogen) atoms. The van der Waals surface area contributed by atoms with E-state index in [2.05, 4.69) is 0 Å². The van der Waals surface area contributed by atoms with E-state index < -0.39 is 9.75 Å². The fourth-order valence-electron chi connectivity index (χ4n) is 3.88. The second-order valence-electron chi connectivity index (χ2n) is 6.01. The van der Waals surface area contributed by atoms with E-state index >= 15 is 0 Å². The zero-order chi connectivity index (χ0) is 15.0. The summed E-state index contributed by atoms with van der Waals surface area (Å²) in [6.07, 6.45) is 4.61. The van der Waals surface area contributed by atoms with Crippen molar-refractivity contribution in [3.8, 4) is 0 Å². The highest BCUT2D eigenvalue weighted by molar-refractivity contribution is 8.04. The van der Waals surface area contributed by atoms with Gasteiger partial charge in [-0.15, -0.1) is 35.0 Å². The molecule has 4 aliphatic rings. The standard InChI is InChI=1S/C15H15Cl2NO2S/c1-2-21-11-10(18-5-6-18)12(19)14(16)8-3-4-9(7-8)15(14,17)13(11)20/h3-4,8-9H,2,5-7H2,1H3/t8-,9+,14-,15+/m1/s1. The smallest absolute Gasteiger partial charge is 0.203 e. The van der Waals surface area contributed by atoms with Crippen LogP contribution in [0.5, 0.6) is 0 Å². The normalized spacial score (nSPS) is 43.9. The molecule has 4 rings (SSSR count). The van der Waals surface area contributed by atoms with E-state index in [9.17, 15) is 9.59 Å². The third-order valence-electron chi connectivity index (χ3n) is 4.98. The number of halogens is 2. The summed E-state index contributed by atoms with van der Waals surface area (Å²) in [7, 11) is 0. The monoisotopic (exact) mass is 343 g/mol. The van der Waals surface area contributed by atoms with Gasteiger partial charge in [-0.3, -0.25) is 9.59 Å². The zero-order valence-electron chi connectivity index (χ0n) is 11.6. The number of fused-ring (bicyclic) bond motifs is 5. The molecule has 0 radical (unpaired) electrons. The van der Waals surface area contributed by atoms with Crippen LogP contribution in [-0.4, -0.2) is 45.1 Å². The van der Waals surface area contributed by atoms with E-state index in [0.717, 1.165) is 18.8 Å². The van der Waals surface area contributed by atoms with Crippen molar-refractivity contribution in [3.63, 3.8) is 0 Å². The van der Waals surface area contributed by atoms with Crippen molar-refractivity contribution in [2.75, 3.05) is 18.8 Å². The van der Waals surface area contributed by atoms with Gasteiger partial charge in [0.15, 0.2) is 5.78 Å². The Bertz CT molecular complexity index is 627. The van der Waals surface area contributed by atoms with Crippen molar-refractivity contribution in [2.24, 2.45) is 11.8 Å². The van der Waals surface area contributed by atoms with Crippen LogP contribution in [0.4, 0.5) is 0 Å². The van der Waals surface area contributed by atoms with Crippen LogP contribution >= 0.6 is 35.0 Å². The predicted molar refractivity (Wildman–Crippen MR) is 84.7 cm³/mol. The molecule has 1 heterocycles. The Morgan fingerprint density at radius 3 is 2.29 bits per heavy atom. The molecular formula is C15H15Cl2NO2S. The summed E-state index contributed by atoms with van der Waals surface area (Å²) in [5, 5.41) is 0. The summed E-state index contributed by atoms with van der Waals surface area (Å²) in [5.74, 6) is 0.161. The van der Waals surface area contributed by atoms with Crippen LogP contribution in [0.2, 0.25) is 0 Å². The summed E-state index contributed by atoms with van der Waals surface area (Å²) in [4.78, 5) is 26.1. The van der Waals surface area contributed by atoms with E-state index in [-0.39, 0.29) is 23.4 Å². The summed E-state index contributed by atoms with van der Waals surface area (Å²) in [6.45, 7) is 3.60. The molecule has 0 spiro atoms. The third kappa shape index (κ3) is 1.49. The number of hydrogen-bond donors (Lipinski definition) is 0. The summed E-state index contributed by atoms with van der Waals surface area (Å²) in [6, 6.07) is 0. The first-order valence-electron chi connectivity index (χ1n) is 7.24. The maximum Gasteiger partial charge on any atom is 0.203 e. The van der Waals surface area contributed by atoms with Crippen molar-refractivity contribution in [1.82, 2.24) is 4.90 Å². The lowest BCUT2D eigenvalue weighted by Gasteiger charge is -2.45. The van der Waals surface area contributed by atoms with Crippen molar-refractivity contribution in [1.29, 1.82) is 0 Å². The quantitative estimate of drug-likeness (QED) is 0.448. The highest BCUT2D eigenvalue weighted by atomic mass is 35.5. The molecule has 2 fully saturated rings. The lowest BCUT2D eigenvalue weighted by atomic mass is 9.71. The van der Waals surface area contributed by atoms with Crippen molar-refractivity contribution < 1.29 is 9.59 Å². The number of hydrogen-bond acceptors (Lipinski definition) is 4. The Balaban J connectivity index is 1.93. The predicted octanol–water partition coefficient (Wildman–Crippen LogP) is 2.58. The molecule has 3 aliphatic carbocycles. The van der Waals surface area contributed by atoms with E-state index in [1.807, 2.05) is 24.0 Å². The van der Waals surface area contributed by atoms with Crippen LogP contribution < -0.4 is 0 Å². The first kappa shape index (κ1) is 14.2. The van der Waals surface area contributed by atoms with E-state index in [4.69, 9.17) is 23.2 Å². The molecule has 0 aromatic carbocycles. The van der Waals surface area contributed by atoms with Gasteiger partial charge in [0.1, 0.15) is 9.75 Å². The summed E-state index contributed by atoms with van der Waals surface area (Å²) < 4.78 is 0. The average Bonchev–Trinajstić information content (AvgIpc) is 3.11. The number of alkyl halides is 2. The van der Waals surface area contributed by atoms with Gasteiger partial charge in [-0.1, -0.05) is 19.1 Å². The molecule has 6 heteroatoms. The maximum absolute atomic E-state index is 13.1. The van der Waals surface area contributed by atoms with Gasteiger partial charge in [0, 0.05) is 24.9 Å². The Kier molecular flexibility index (Phi) is 2.90. The third-order valence-corrected chi connectivity index (χ3v) is 7.54. The van der Waals surface area contributed by atoms with Gasteiger partial charge in [0.2, 0.25) is 5.78 Å². The molecule has 3 nitrogen and oxygen atoms in total. The van der Waals surface area contributed by atoms with Crippen LogP contribution in [0.15, 0.2) is 22.8 Å². The number of rotatable bonds is 3. The van der Waals surface area contributed by atoms with Gasteiger partial charge in [0.05, 0.1) is 10.6 Å². The molecule has 0 aromatic heterocycles. The molecule has 1 aliphatic heterocycles. The largest absolute Gasteiger partial charge is 0.364 e. The van der Waals surface area contributed by atoms with E-state index in [1.54, 1.807) is 0 Å². The van der Waals surface area contributed by atoms with E-state index in [0.29, 0.717) is 17.0 Å². The molecule has 0 amide bonds. The number of Topliss-reactive ketones (excluding diaryl/α,β-unsaturated/α-hetero) is 2. The number of thioether (sulfide) groups is 1. The van der Waals surface area contributed by atoms with Gasteiger partial charge in [0.25, 0.3) is 0 Å². The lowest BCUT2D eigenvalue weighted by molar-refractivity contribution is -0.128. The van der Waals surface area contributed by atoms with Gasteiger partial charge in [-0.25, -0.2) is 0 Å². The molecular weight excluding hydrogens is 329 g/mol. The van der Waals surface area contributed by atoms with Gasteiger partial charge in [-0.2, -0.15) is 0 Å². The van der Waals surface area contributed by atoms with Crippen LogP contribution in [0.3, 0.4) is 0 Å². The maximum atomic E-state index is 13.1. The van der Waals surface area contributed by atoms with Gasteiger partial charge >= 0.3 is 0 Å². The number of carbonyl (C=O) groups excluding carboxylic acids is 2. The first-order chi connectivity index (χ1) is 9.96. The minimum atomic E-state index is -1.30. The molecule has 4 atom stereocenters. The molecule has 2 bridgehead atoms. The second kappa shape index (κ2) is 4.30. The van der Waals surface area contributed by atoms with Crippen LogP contribution in [0.25, 0.3) is 0 Å². The van der Waals surface area contributed by atoms with Gasteiger partial charge in [-0.05, 0) is 12.2 Å². The van der Waals surface area contributed by atoms with Gasteiger partial charge < -0.3 is 4.90 Å². The molecule has 0 aromatic rings. The van der Waals surface area contributed by atoms with E-state index in [1.165, 1.54) is 11.8 Å². The highest BCUT2D eigenvalue weighted by Gasteiger charge is 2.75. The molecule has 112 valence electrons. The average molecular weight is 344 g/mol. The fraction of sp³-hybridized carbons (Fsp3) is 0.600. The summed E-state index contributed by atoms with van der Waals surface area (Å²) in [5.41, 5.74) is 0.513. The number of nitrogens with zero attached hydrogens (tertiary/aromatic N) is 1. The Hall–Kier alpha value is -0.450. The van der Waals surface area contributed by atoms with Crippen LogP contribution in [-0.2, 0) is 9.59 Å². The number of carbonyl (C=O) groups is 2. The second-order valence-corrected chi connectivity index (χ2v) is 8.48. The minimum Gasteiger partial charge on any atom is -0.364 e. The SMILES string of the molecule is CCSC1=C(N2CC2)C(=O)[C@]2(Cl)[C@@H]3C=C[C@@H](C3)[C@]2(Cl)C1=O. The molecule has 0 N–H and O–H groups in total. The fourth-order valence-corrected chi connectivity index (χ4v) is 5.84. The molecule has 1 saturated heterocycles. The lowest BCUT2D eigenvalue weighted by Crippen LogP contribution is -2.63. The number of ketones is 2. The Morgan fingerprint density at radius 2 is 1.76 bits per heavy atom. The first-order valence-corrected chi connectivity index (χ1v) is 8.98. The Morgan fingerprint density at radius 1 is 1.19 bits per heavy atom.